The van der Waals surface area contributed by atoms with Crippen LogP contribution in [0.3, 0.4) is 0 Å². The zero-order chi connectivity index (χ0) is 42.1. The molecule has 0 aliphatic rings. The highest BCUT2D eigenvalue weighted by Crippen LogP contribution is 2.15. The molecule has 0 N–H and O–H groups in total. The van der Waals surface area contributed by atoms with Gasteiger partial charge in [-0.05, 0) is 57.8 Å². The molecule has 0 aliphatic carbocycles. The first-order valence-electron chi connectivity index (χ1n) is 24.8. The molecule has 0 radical (unpaired) electrons. The van der Waals surface area contributed by atoms with Crippen LogP contribution >= 0.6 is 0 Å². The Hall–Kier alpha value is -2.40. The second-order valence-electron chi connectivity index (χ2n) is 16.4. The predicted molar refractivity (Wildman–Crippen MR) is 251 cm³/mol. The molecule has 0 aromatic carbocycles. The molecule has 0 amide bonds. The molecule has 0 heterocycles. The van der Waals surface area contributed by atoms with Crippen LogP contribution in [0.4, 0.5) is 0 Å². The molecule has 5 heteroatoms. The van der Waals surface area contributed by atoms with Gasteiger partial charge in [0.1, 0.15) is 6.61 Å². The van der Waals surface area contributed by atoms with E-state index in [0.717, 1.165) is 77.0 Å². The molecule has 1 unspecified atom stereocenters. The van der Waals surface area contributed by atoms with E-state index < -0.39 is 6.10 Å². The first kappa shape index (κ1) is 55.6. The van der Waals surface area contributed by atoms with Crippen LogP contribution < -0.4 is 0 Å². The van der Waals surface area contributed by atoms with Crippen LogP contribution in [0, 0.1) is 0 Å². The van der Waals surface area contributed by atoms with Gasteiger partial charge in [-0.15, -0.1) is 0 Å². The standard InChI is InChI=1S/C53H94O5/c1-4-7-10-13-16-18-20-22-24-26-28-30-32-34-36-39-42-45-48-56-49-51(58-53(55)47-44-41-37-15-12-9-6-3)50-57-52(54)46-43-40-38-35-33-31-29-27-25-23-21-19-17-14-11-8-5-2/h8,11,17,19,23,25,29,31,35,38,51H,4-7,9-10,12-16,18,20-22,24,26-28,30,32-34,36-37,39-50H2,1-3H3/b11-8-,19-17-,25-23-,31-29-,38-35-. The van der Waals surface area contributed by atoms with Crippen LogP contribution in [-0.2, 0) is 23.8 Å². The molecule has 0 bridgehead atoms. The third kappa shape index (κ3) is 46.3. The number of carbonyl (C=O) groups excluding carboxylic acids is 2. The Bertz CT molecular complexity index is 1010. The molecule has 0 rings (SSSR count). The predicted octanol–water partition coefficient (Wildman–Crippen LogP) is 16.6. The highest BCUT2D eigenvalue weighted by molar-refractivity contribution is 5.70. The molecule has 0 aromatic rings. The van der Waals surface area contributed by atoms with Crippen molar-refractivity contribution in [3.63, 3.8) is 0 Å². The second kappa shape index (κ2) is 49.0. The summed E-state index contributed by atoms with van der Waals surface area (Å²) in [5, 5.41) is 0. The van der Waals surface area contributed by atoms with Crippen molar-refractivity contribution < 1.29 is 23.8 Å². The van der Waals surface area contributed by atoms with Gasteiger partial charge in [0.25, 0.3) is 0 Å². The highest BCUT2D eigenvalue weighted by Gasteiger charge is 2.17. The Kier molecular flexibility index (Phi) is 46.9. The summed E-state index contributed by atoms with van der Waals surface area (Å²) < 4.78 is 17.3. The number of hydrogen-bond donors (Lipinski definition) is 0. The maximum Gasteiger partial charge on any atom is 0.306 e. The fourth-order valence-corrected chi connectivity index (χ4v) is 6.90. The van der Waals surface area contributed by atoms with Gasteiger partial charge in [0.2, 0.25) is 0 Å². The Labute approximate surface area is 360 Å². The lowest BCUT2D eigenvalue weighted by molar-refractivity contribution is -0.163. The monoisotopic (exact) mass is 811 g/mol. The van der Waals surface area contributed by atoms with E-state index in [2.05, 4.69) is 81.5 Å². The van der Waals surface area contributed by atoms with Crippen molar-refractivity contribution >= 4 is 11.9 Å². The molecular formula is C53H94O5. The molecule has 0 saturated carbocycles. The lowest BCUT2D eigenvalue weighted by atomic mass is 10.0. The van der Waals surface area contributed by atoms with E-state index in [9.17, 15) is 9.59 Å². The summed E-state index contributed by atoms with van der Waals surface area (Å²) in [6.07, 6.45) is 61.1. The largest absolute Gasteiger partial charge is 0.462 e. The molecule has 0 saturated heterocycles. The number of carbonyl (C=O) groups is 2. The third-order valence-corrected chi connectivity index (χ3v) is 10.6. The topological polar surface area (TPSA) is 61.8 Å². The van der Waals surface area contributed by atoms with Crippen LogP contribution in [0.5, 0.6) is 0 Å². The minimum absolute atomic E-state index is 0.0579. The zero-order valence-electron chi connectivity index (χ0n) is 38.6. The van der Waals surface area contributed by atoms with Crippen LogP contribution in [0.15, 0.2) is 60.8 Å². The smallest absolute Gasteiger partial charge is 0.306 e. The lowest BCUT2D eigenvalue weighted by Crippen LogP contribution is -2.30. The highest BCUT2D eigenvalue weighted by atomic mass is 16.6. The van der Waals surface area contributed by atoms with Gasteiger partial charge < -0.3 is 14.2 Å². The van der Waals surface area contributed by atoms with Gasteiger partial charge in [-0.2, -0.15) is 0 Å². The van der Waals surface area contributed by atoms with Crippen molar-refractivity contribution in [1.29, 1.82) is 0 Å². The minimum Gasteiger partial charge on any atom is -0.462 e. The summed E-state index contributed by atoms with van der Waals surface area (Å²) >= 11 is 0. The van der Waals surface area contributed by atoms with Gasteiger partial charge in [0, 0.05) is 19.4 Å². The van der Waals surface area contributed by atoms with Crippen LogP contribution in [0.2, 0.25) is 0 Å². The Balaban J connectivity index is 4.18. The number of allylic oxidation sites excluding steroid dienone is 10. The third-order valence-electron chi connectivity index (χ3n) is 10.6. The average molecular weight is 811 g/mol. The summed E-state index contributed by atoms with van der Waals surface area (Å²) in [6.45, 7) is 7.64. The fourth-order valence-electron chi connectivity index (χ4n) is 6.90. The molecule has 5 nitrogen and oxygen atoms in total. The average Bonchev–Trinajstić information content (AvgIpc) is 3.22. The summed E-state index contributed by atoms with van der Waals surface area (Å²) in [6, 6.07) is 0. The molecule has 0 spiro atoms. The van der Waals surface area contributed by atoms with E-state index in [0.29, 0.717) is 19.4 Å². The first-order chi connectivity index (χ1) is 28.6. The van der Waals surface area contributed by atoms with E-state index in [1.54, 1.807) is 0 Å². The molecule has 0 fully saturated rings. The summed E-state index contributed by atoms with van der Waals surface area (Å²) in [7, 11) is 0. The lowest BCUT2D eigenvalue weighted by Gasteiger charge is -2.18. The molecule has 336 valence electrons. The van der Waals surface area contributed by atoms with Gasteiger partial charge in [-0.3, -0.25) is 9.59 Å². The van der Waals surface area contributed by atoms with E-state index in [1.807, 2.05) is 0 Å². The number of unbranched alkanes of at least 4 members (excludes halogenated alkanes) is 24. The van der Waals surface area contributed by atoms with E-state index >= 15 is 0 Å². The number of rotatable bonds is 45. The number of esters is 2. The summed E-state index contributed by atoms with van der Waals surface area (Å²) in [4.78, 5) is 25.2. The van der Waals surface area contributed by atoms with E-state index in [1.165, 1.54) is 128 Å². The first-order valence-corrected chi connectivity index (χ1v) is 24.8. The van der Waals surface area contributed by atoms with Crippen LogP contribution in [0.25, 0.3) is 0 Å². The quantitative estimate of drug-likeness (QED) is 0.0348. The summed E-state index contributed by atoms with van der Waals surface area (Å²) in [5.41, 5.74) is 0. The van der Waals surface area contributed by atoms with E-state index in [4.69, 9.17) is 14.2 Å². The molecule has 0 aliphatic heterocycles. The maximum absolute atomic E-state index is 12.7. The number of ether oxygens (including phenoxy) is 3. The Morgan fingerprint density at radius 2 is 0.776 bits per heavy atom. The second-order valence-corrected chi connectivity index (χ2v) is 16.4. The van der Waals surface area contributed by atoms with Crippen molar-refractivity contribution in [2.24, 2.45) is 0 Å². The van der Waals surface area contributed by atoms with Gasteiger partial charge >= 0.3 is 11.9 Å². The van der Waals surface area contributed by atoms with Crippen LogP contribution in [-0.4, -0.2) is 37.9 Å². The normalized spacial score (nSPS) is 12.7. The Morgan fingerprint density at radius 1 is 0.397 bits per heavy atom. The fraction of sp³-hybridized carbons (Fsp3) is 0.774. The molecule has 58 heavy (non-hydrogen) atoms. The van der Waals surface area contributed by atoms with Crippen LogP contribution in [0.1, 0.15) is 239 Å². The van der Waals surface area contributed by atoms with Gasteiger partial charge in [-0.1, -0.05) is 229 Å². The SMILES string of the molecule is CC/C=C\C/C=C\C/C=C\C/C=C\C/C=C\CCCC(=O)OCC(COCCCCCCCCCCCCCCCCCCCC)OC(=O)CCCCCCCCC. The van der Waals surface area contributed by atoms with Crippen molar-refractivity contribution in [3.05, 3.63) is 60.8 Å². The Morgan fingerprint density at radius 3 is 1.22 bits per heavy atom. The van der Waals surface area contributed by atoms with Gasteiger partial charge in [0.15, 0.2) is 6.10 Å². The van der Waals surface area contributed by atoms with Crippen molar-refractivity contribution in [1.82, 2.24) is 0 Å². The van der Waals surface area contributed by atoms with Gasteiger partial charge in [0.05, 0.1) is 6.61 Å². The minimum atomic E-state index is -0.553. The number of hydrogen-bond acceptors (Lipinski definition) is 5. The molecular weight excluding hydrogens is 717 g/mol. The van der Waals surface area contributed by atoms with Crippen molar-refractivity contribution in [2.45, 2.75) is 245 Å². The van der Waals surface area contributed by atoms with E-state index in [-0.39, 0.29) is 25.2 Å². The molecule has 0 aromatic heterocycles. The zero-order valence-corrected chi connectivity index (χ0v) is 38.6. The van der Waals surface area contributed by atoms with Gasteiger partial charge in [-0.25, -0.2) is 0 Å². The van der Waals surface area contributed by atoms with Crippen molar-refractivity contribution in [3.8, 4) is 0 Å². The van der Waals surface area contributed by atoms with Crippen molar-refractivity contribution in [2.75, 3.05) is 19.8 Å². The maximum atomic E-state index is 12.7. The summed E-state index contributed by atoms with van der Waals surface area (Å²) in [5.74, 6) is -0.464. The molecule has 1 atom stereocenters.